The van der Waals surface area contributed by atoms with Crippen LogP contribution in [0.15, 0.2) is 18.2 Å². The van der Waals surface area contributed by atoms with Gasteiger partial charge in [0, 0.05) is 31.9 Å². The van der Waals surface area contributed by atoms with Crippen LogP contribution < -0.4 is 4.74 Å². The first kappa shape index (κ1) is 15.2. The number of ether oxygens (including phenoxy) is 3. The largest absolute Gasteiger partial charge is 0.464 e. The Bertz CT molecular complexity index is 568. The monoisotopic (exact) mass is 307 g/mol. The lowest BCUT2D eigenvalue weighted by Gasteiger charge is -2.50. The molecule has 0 unspecified atom stereocenters. The average molecular weight is 307 g/mol. The van der Waals surface area contributed by atoms with Gasteiger partial charge in [0.05, 0.1) is 16.4 Å². The number of benzene rings is 1. The van der Waals surface area contributed by atoms with Crippen molar-refractivity contribution in [1.82, 2.24) is 0 Å². The zero-order valence-corrected chi connectivity index (χ0v) is 12.9. The summed E-state index contributed by atoms with van der Waals surface area (Å²) in [6.07, 6.45) is 4.61. The molecule has 0 bridgehead atoms. The molecule has 3 rings (SSSR count). The van der Waals surface area contributed by atoms with Crippen molar-refractivity contribution in [1.29, 1.82) is 0 Å². The molecule has 2 aliphatic rings. The number of methoxy groups -OCH3 is 2. The summed E-state index contributed by atoms with van der Waals surface area (Å²) in [6, 6.07) is 4.67. The summed E-state index contributed by atoms with van der Waals surface area (Å²) in [5.41, 5.74) is 0.544. The van der Waals surface area contributed by atoms with Crippen molar-refractivity contribution in [2.45, 2.75) is 44.5 Å². The van der Waals surface area contributed by atoms with Crippen molar-refractivity contribution in [2.24, 2.45) is 5.41 Å². The minimum atomic E-state index is -0.386. The molecule has 0 amide bonds. The predicted molar refractivity (Wildman–Crippen MR) is 79.8 cm³/mol. The van der Waals surface area contributed by atoms with Crippen molar-refractivity contribution in [2.75, 3.05) is 14.2 Å². The van der Waals surface area contributed by atoms with Crippen LogP contribution in [-0.4, -0.2) is 25.4 Å². The highest BCUT2D eigenvalue weighted by Crippen LogP contribution is 2.56. The molecular weight excluding hydrogens is 286 g/mol. The molecule has 1 aliphatic heterocycles. The van der Waals surface area contributed by atoms with Crippen molar-refractivity contribution >= 4 is 5.69 Å². The fourth-order valence-corrected chi connectivity index (χ4v) is 3.98. The summed E-state index contributed by atoms with van der Waals surface area (Å²) in [7, 11) is 3.30. The van der Waals surface area contributed by atoms with Gasteiger partial charge in [0.15, 0.2) is 0 Å². The molecule has 1 saturated carbocycles. The van der Waals surface area contributed by atoms with E-state index in [0.717, 1.165) is 31.2 Å². The quantitative estimate of drug-likeness (QED) is 0.630. The molecule has 1 aromatic rings. The summed E-state index contributed by atoms with van der Waals surface area (Å²) in [5, 5.41) is 11.1. The zero-order valence-electron chi connectivity index (χ0n) is 12.9. The number of non-ortho nitro benzene ring substituents is 1. The SMILES string of the molecule is CO[C@@H]1Oc2ccc([N+](=O)[O-])cc2[C@@H](OC)C12CCCCC2. The van der Waals surface area contributed by atoms with Gasteiger partial charge in [-0.3, -0.25) is 10.1 Å². The smallest absolute Gasteiger partial charge is 0.270 e. The summed E-state index contributed by atoms with van der Waals surface area (Å²) >= 11 is 0. The predicted octanol–water partition coefficient (Wildman–Crippen LogP) is 3.60. The molecule has 0 saturated heterocycles. The van der Waals surface area contributed by atoms with Crippen molar-refractivity contribution in [3.8, 4) is 5.75 Å². The van der Waals surface area contributed by atoms with Crippen LogP contribution in [0.5, 0.6) is 5.75 Å². The summed E-state index contributed by atoms with van der Waals surface area (Å²) < 4.78 is 17.4. The van der Waals surface area contributed by atoms with E-state index in [1.165, 1.54) is 12.5 Å². The van der Waals surface area contributed by atoms with Crippen molar-refractivity contribution in [3.63, 3.8) is 0 Å². The molecule has 0 N–H and O–H groups in total. The molecule has 0 radical (unpaired) electrons. The number of rotatable bonds is 3. The maximum absolute atomic E-state index is 11.1. The van der Waals surface area contributed by atoms with Gasteiger partial charge in [0.1, 0.15) is 5.75 Å². The summed E-state index contributed by atoms with van der Waals surface area (Å²) in [6.45, 7) is 0. The molecule has 2 atom stereocenters. The first-order chi connectivity index (χ1) is 10.6. The van der Waals surface area contributed by atoms with E-state index in [4.69, 9.17) is 14.2 Å². The van der Waals surface area contributed by atoms with Crippen molar-refractivity contribution < 1.29 is 19.1 Å². The second kappa shape index (κ2) is 5.85. The van der Waals surface area contributed by atoms with Gasteiger partial charge in [0.2, 0.25) is 6.29 Å². The number of hydrogen-bond donors (Lipinski definition) is 0. The number of fused-ring (bicyclic) bond motifs is 1. The topological polar surface area (TPSA) is 70.8 Å². The third-order valence-corrected chi connectivity index (χ3v) is 4.95. The minimum absolute atomic E-state index is 0.0613. The Hall–Kier alpha value is -1.66. The average Bonchev–Trinajstić information content (AvgIpc) is 2.54. The van der Waals surface area contributed by atoms with Gasteiger partial charge in [-0.1, -0.05) is 19.3 Å². The lowest BCUT2D eigenvalue weighted by molar-refractivity contribution is -0.385. The van der Waals surface area contributed by atoms with Gasteiger partial charge in [-0.05, 0) is 18.9 Å². The Morgan fingerprint density at radius 3 is 2.55 bits per heavy atom. The van der Waals surface area contributed by atoms with E-state index in [2.05, 4.69) is 0 Å². The highest BCUT2D eigenvalue weighted by molar-refractivity contribution is 5.47. The molecule has 1 aromatic carbocycles. The van der Waals surface area contributed by atoms with Crippen LogP contribution in [-0.2, 0) is 9.47 Å². The molecule has 6 nitrogen and oxygen atoms in total. The Kier molecular flexibility index (Phi) is 4.06. The fraction of sp³-hybridized carbons (Fsp3) is 0.625. The number of nitro groups is 1. The standard InChI is InChI=1S/C16H21NO5/c1-20-14-12-10-11(17(18)19)6-7-13(12)22-15(21-2)16(14)8-4-3-5-9-16/h6-7,10,14-15H,3-5,8-9H2,1-2H3/t14-,15-/m1/s1. The molecular formula is C16H21NO5. The maximum Gasteiger partial charge on any atom is 0.270 e. The highest BCUT2D eigenvalue weighted by Gasteiger charge is 2.53. The van der Waals surface area contributed by atoms with Gasteiger partial charge in [0.25, 0.3) is 5.69 Å². The lowest BCUT2D eigenvalue weighted by Crippen LogP contribution is -2.50. The van der Waals surface area contributed by atoms with Gasteiger partial charge in [-0.2, -0.15) is 0 Å². The molecule has 6 heteroatoms. The van der Waals surface area contributed by atoms with Crippen LogP contribution in [0.4, 0.5) is 5.69 Å². The molecule has 1 heterocycles. The molecule has 120 valence electrons. The molecule has 1 spiro atoms. The van der Waals surface area contributed by atoms with E-state index >= 15 is 0 Å². The first-order valence-corrected chi connectivity index (χ1v) is 7.63. The van der Waals surface area contributed by atoms with E-state index in [-0.39, 0.29) is 28.4 Å². The molecule has 1 aliphatic carbocycles. The Labute approximate surface area is 129 Å². The van der Waals surface area contributed by atoms with E-state index in [1.54, 1.807) is 26.4 Å². The van der Waals surface area contributed by atoms with E-state index < -0.39 is 0 Å². The molecule has 1 fully saturated rings. The first-order valence-electron chi connectivity index (χ1n) is 7.63. The van der Waals surface area contributed by atoms with E-state index in [0.29, 0.717) is 5.75 Å². The molecule has 22 heavy (non-hydrogen) atoms. The fourth-order valence-electron chi connectivity index (χ4n) is 3.98. The van der Waals surface area contributed by atoms with Gasteiger partial charge in [-0.15, -0.1) is 0 Å². The van der Waals surface area contributed by atoms with Crippen LogP contribution in [0.1, 0.15) is 43.8 Å². The third kappa shape index (κ3) is 2.27. The van der Waals surface area contributed by atoms with Crippen LogP contribution in [0, 0.1) is 15.5 Å². The van der Waals surface area contributed by atoms with E-state index in [1.807, 2.05) is 0 Å². The third-order valence-electron chi connectivity index (χ3n) is 4.95. The second-order valence-electron chi connectivity index (χ2n) is 6.07. The van der Waals surface area contributed by atoms with Gasteiger partial charge in [-0.25, -0.2) is 0 Å². The van der Waals surface area contributed by atoms with Crippen molar-refractivity contribution in [3.05, 3.63) is 33.9 Å². The maximum atomic E-state index is 11.1. The number of nitrogens with zero attached hydrogens (tertiary/aromatic N) is 1. The zero-order chi connectivity index (χ0) is 15.7. The van der Waals surface area contributed by atoms with Crippen LogP contribution in [0.2, 0.25) is 0 Å². The lowest BCUT2D eigenvalue weighted by atomic mass is 9.66. The van der Waals surface area contributed by atoms with Crippen LogP contribution in [0.25, 0.3) is 0 Å². The second-order valence-corrected chi connectivity index (χ2v) is 6.07. The number of nitro benzene ring substituents is 1. The molecule has 0 aromatic heterocycles. The van der Waals surface area contributed by atoms with Gasteiger partial charge < -0.3 is 14.2 Å². The summed E-state index contributed by atoms with van der Waals surface area (Å²) in [5.74, 6) is 0.612. The Balaban J connectivity index is 2.09. The Morgan fingerprint density at radius 2 is 1.95 bits per heavy atom. The normalized spacial score (nSPS) is 26.3. The van der Waals surface area contributed by atoms with Crippen LogP contribution >= 0.6 is 0 Å². The minimum Gasteiger partial charge on any atom is -0.464 e. The van der Waals surface area contributed by atoms with Gasteiger partial charge >= 0.3 is 0 Å². The Morgan fingerprint density at radius 1 is 1.23 bits per heavy atom. The highest BCUT2D eigenvalue weighted by atomic mass is 16.7. The van der Waals surface area contributed by atoms with E-state index in [9.17, 15) is 10.1 Å². The van der Waals surface area contributed by atoms with Crippen LogP contribution in [0.3, 0.4) is 0 Å². The summed E-state index contributed by atoms with van der Waals surface area (Å²) in [4.78, 5) is 10.7. The number of hydrogen-bond acceptors (Lipinski definition) is 5.